The van der Waals surface area contributed by atoms with Crippen molar-refractivity contribution in [2.45, 2.75) is 38.2 Å². The van der Waals surface area contributed by atoms with Gasteiger partial charge in [-0.3, -0.25) is 0 Å². The van der Waals surface area contributed by atoms with Crippen LogP contribution in [0.25, 0.3) is 0 Å². The predicted octanol–water partition coefficient (Wildman–Crippen LogP) is 3.13. The highest BCUT2D eigenvalue weighted by molar-refractivity contribution is 5.18. The molecule has 0 spiro atoms. The first-order chi connectivity index (χ1) is 7.30. The van der Waals surface area contributed by atoms with Crippen LogP contribution in [0.15, 0.2) is 11.8 Å². The molecule has 16 heavy (non-hydrogen) atoms. The lowest BCUT2D eigenvalue weighted by molar-refractivity contribution is -0.203. The number of alkyl halides is 4. The first-order valence-electron chi connectivity index (χ1n) is 5.41. The zero-order chi connectivity index (χ0) is 12.1. The van der Waals surface area contributed by atoms with Gasteiger partial charge in [0.05, 0.1) is 5.92 Å². The van der Waals surface area contributed by atoms with E-state index in [1.54, 1.807) is 25.1 Å². The largest absolute Gasteiger partial charge is 0.393 e. The topological polar surface area (TPSA) is 3.24 Å². The molecular formula is C11H15F4N. The Kier molecular flexibility index (Phi) is 2.67. The Morgan fingerprint density at radius 2 is 1.94 bits per heavy atom. The molecule has 1 nitrogen and oxygen atoms in total. The molecule has 1 fully saturated rings. The Morgan fingerprint density at radius 1 is 1.31 bits per heavy atom. The Balaban J connectivity index is 2.27. The van der Waals surface area contributed by atoms with Crippen LogP contribution in [0.1, 0.15) is 19.8 Å². The summed E-state index contributed by atoms with van der Waals surface area (Å²) < 4.78 is 51.9. The van der Waals surface area contributed by atoms with E-state index >= 15 is 0 Å². The maximum Gasteiger partial charge on any atom is 0.393 e. The molecule has 1 saturated carbocycles. The van der Waals surface area contributed by atoms with Gasteiger partial charge in [-0.2, -0.15) is 13.2 Å². The van der Waals surface area contributed by atoms with E-state index in [4.69, 9.17) is 0 Å². The summed E-state index contributed by atoms with van der Waals surface area (Å²) in [5.74, 6) is -1.82. The smallest absolute Gasteiger partial charge is 0.376 e. The van der Waals surface area contributed by atoms with Gasteiger partial charge >= 0.3 is 6.18 Å². The fraction of sp³-hybridized carbons (Fsp3) is 0.818. The van der Waals surface area contributed by atoms with Crippen LogP contribution in [0.4, 0.5) is 17.6 Å². The first-order valence-corrected chi connectivity index (χ1v) is 5.41. The zero-order valence-electron chi connectivity index (χ0n) is 9.26. The summed E-state index contributed by atoms with van der Waals surface area (Å²) >= 11 is 0. The van der Waals surface area contributed by atoms with E-state index in [9.17, 15) is 17.6 Å². The molecule has 0 N–H and O–H groups in total. The fourth-order valence-electron chi connectivity index (χ4n) is 3.06. The van der Waals surface area contributed by atoms with Crippen LogP contribution in [0.2, 0.25) is 0 Å². The highest BCUT2D eigenvalue weighted by atomic mass is 19.4. The van der Waals surface area contributed by atoms with Crippen LogP contribution >= 0.6 is 0 Å². The van der Waals surface area contributed by atoms with Gasteiger partial charge in [-0.15, -0.1) is 0 Å². The molecular weight excluding hydrogens is 222 g/mol. The fourth-order valence-corrected chi connectivity index (χ4v) is 3.06. The van der Waals surface area contributed by atoms with Gasteiger partial charge in [0.2, 0.25) is 0 Å². The van der Waals surface area contributed by atoms with E-state index < -0.39 is 30.7 Å². The molecule has 4 unspecified atom stereocenters. The molecule has 0 bridgehead atoms. The Bertz CT molecular complexity index is 310. The molecule has 2 aliphatic rings. The Morgan fingerprint density at radius 3 is 2.50 bits per heavy atom. The number of nitrogens with zero attached hydrogens (tertiary/aromatic N) is 1. The number of fused-ring (bicyclic) bond motifs is 1. The van der Waals surface area contributed by atoms with Gasteiger partial charge in [-0.05, 0) is 26.0 Å². The third-order valence-corrected chi connectivity index (χ3v) is 3.73. The van der Waals surface area contributed by atoms with Crippen molar-refractivity contribution in [2.24, 2.45) is 11.8 Å². The molecule has 0 saturated heterocycles. The molecule has 0 aromatic carbocycles. The molecule has 1 aliphatic heterocycles. The highest BCUT2D eigenvalue weighted by Crippen LogP contribution is 2.47. The summed E-state index contributed by atoms with van der Waals surface area (Å²) in [5.41, 5.74) is 0.865. The van der Waals surface area contributed by atoms with Gasteiger partial charge < -0.3 is 4.90 Å². The number of rotatable bonds is 0. The van der Waals surface area contributed by atoms with Crippen molar-refractivity contribution in [1.29, 1.82) is 0 Å². The van der Waals surface area contributed by atoms with Crippen molar-refractivity contribution < 1.29 is 17.6 Å². The second-order valence-corrected chi connectivity index (χ2v) is 4.85. The zero-order valence-corrected chi connectivity index (χ0v) is 9.26. The molecule has 0 aromatic rings. The van der Waals surface area contributed by atoms with Crippen LogP contribution in [0, 0.1) is 11.8 Å². The second-order valence-electron chi connectivity index (χ2n) is 4.85. The number of hydrogen-bond donors (Lipinski definition) is 0. The van der Waals surface area contributed by atoms with Crippen molar-refractivity contribution in [3.05, 3.63) is 11.8 Å². The standard InChI is InChI=1S/C11H15F4N/c1-6-5-16(2)10-8(6)3-7(12)4-9(10)11(13,14)15/h5,7-10H,3-4H2,1-2H3. The van der Waals surface area contributed by atoms with E-state index in [1.165, 1.54) is 0 Å². The first kappa shape index (κ1) is 11.7. The minimum absolute atomic E-state index is 0.226. The van der Waals surface area contributed by atoms with Crippen LogP contribution in [-0.2, 0) is 0 Å². The summed E-state index contributed by atoms with van der Waals surface area (Å²) in [4.78, 5) is 1.60. The van der Waals surface area contributed by atoms with E-state index in [-0.39, 0.29) is 12.3 Å². The van der Waals surface area contributed by atoms with Gasteiger partial charge in [0, 0.05) is 19.0 Å². The minimum atomic E-state index is -4.31. The summed E-state index contributed by atoms with van der Waals surface area (Å²) in [6.45, 7) is 1.78. The Hall–Kier alpha value is -0.740. The van der Waals surface area contributed by atoms with Gasteiger partial charge in [0.1, 0.15) is 6.17 Å². The lowest BCUT2D eigenvalue weighted by Gasteiger charge is -2.40. The van der Waals surface area contributed by atoms with Crippen molar-refractivity contribution in [1.82, 2.24) is 4.90 Å². The summed E-state index contributed by atoms with van der Waals surface area (Å²) in [6, 6.07) is -0.605. The molecule has 0 aromatic heterocycles. The molecule has 1 aliphatic carbocycles. The van der Waals surface area contributed by atoms with Crippen LogP contribution in [0.5, 0.6) is 0 Å². The lowest BCUT2D eigenvalue weighted by atomic mass is 9.74. The van der Waals surface area contributed by atoms with Gasteiger partial charge in [-0.25, -0.2) is 4.39 Å². The highest BCUT2D eigenvalue weighted by Gasteiger charge is 2.54. The Labute approximate surface area is 92.1 Å². The molecule has 0 radical (unpaired) electrons. The normalized spacial score (nSPS) is 39.6. The molecule has 1 heterocycles. The monoisotopic (exact) mass is 237 g/mol. The summed E-state index contributed by atoms with van der Waals surface area (Å²) in [5, 5.41) is 0. The van der Waals surface area contributed by atoms with Crippen LogP contribution in [-0.4, -0.2) is 30.3 Å². The average molecular weight is 237 g/mol. The van der Waals surface area contributed by atoms with Crippen molar-refractivity contribution in [2.75, 3.05) is 7.05 Å². The maximum atomic E-state index is 13.4. The summed E-state index contributed by atoms with van der Waals surface area (Å²) in [6.07, 6.45) is -4.09. The van der Waals surface area contributed by atoms with Crippen LogP contribution in [0.3, 0.4) is 0 Å². The van der Waals surface area contributed by atoms with E-state index in [1.807, 2.05) is 0 Å². The molecule has 2 rings (SSSR count). The minimum Gasteiger partial charge on any atom is -0.376 e. The molecule has 4 atom stereocenters. The SMILES string of the molecule is CC1=CN(C)C2C1CC(F)CC2C(F)(F)F. The van der Waals surface area contributed by atoms with E-state index in [2.05, 4.69) is 0 Å². The van der Waals surface area contributed by atoms with Crippen LogP contribution < -0.4 is 0 Å². The predicted molar refractivity (Wildman–Crippen MR) is 52.5 cm³/mol. The van der Waals surface area contributed by atoms with Gasteiger partial charge in [-0.1, -0.05) is 5.57 Å². The third-order valence-electron chi connectivity index (χ3n) is 3.73. The van der Waals surface area contributed by atoms with Crippen molar-refractivity contribution >= 4 is 0 Å². The number of hydrogen-bond acceptors (Lipinski definition) is 1. The molecule has 0 amide bonds. The molecule has 5 heteroatoms. The van der Waals surface area contributed by atoms with E-state index in [0.29, 0.717) is 0 Å². The number of halogens is 4. The van der Waals surface area contributed by atoms with E-state index in [0.717, 1.165) is 5.57 Å². The lowest BCUT2D eigenvalue weighted by Crippen LogP contribution is -2.49. The van der Waals surface area contributed by atoms with Gasteiger partial charge in [0.25, 0.3) is 0 Å². The average Bonchev–Trinajstić information content (AvgIpc) is 2.40. The van der Waals surface area contributed by atoms with Crippen molar-refractivity contribution in [3.63, 3.8) is 0 Å². The summed E-state index contributed by atoms with van der Waals surface area (Å²) in [7, 11) is 1.64. The van der Waals surface area contributed by atoms with Gasteiger partial charge in [0.15, 0.2) is 0 Å². The third kappa shape index (κ3) is 1.80. The molecule has 92 valence electrons. The maximum absolute atomic E-state index is 13.4. The second kappa shape index (κ2) is 3.64. The quantitative estimate of drug-likeness (QED) is 0.585. The van der Waals surface area contributed by atoms with Crippen molar-refractivity contribution in [3.8, 4) is 0 Å².